The maximum absolute atomic E-state index is 12.8. The van der Waals surface area contributed by atoms with Gasteiger partial charge in [-0.05, 0) is 128 Å². The molecule has 0 aromatic heterocycles. The molecular formula is C74H118O6. The van der Waals surface area contributed by atoms with Gasteiger partial charge in [-0.1, -0.05) is 281 Å². The Balaban J connectivity index is 4.17. The van der Waals surface area contributed by atoms with Gasteiger partial charge in [-0.25, -0.2) is 0 Å². The lowest BCUT2D eigenvalue weighted by molar-refractivity contribution is -0.167. The zero-order valence-corrected chi connectivity index (χ0v) is 51.5. The first-order valence-electron chi connectivity index (χ1n) is 32.5. The molecule has 0 radical (unpaired) electrons. The van der Waals surface area contributed by atoms with E-state index < -0.39 is 6.10 Å². The molecule has 0 rings (SSSR count). The molecule has 0 heterocycles. The van der Waals surface area contributed by atoms with Crippen molar-refractivity contribution in [2.24, 2.45) is 0 Å². The lowest BCUT2D eigenvalue weighted by Crippen LogP contribution is -2.30. The normalized spacial score (nSPS) is 13.2. The molecule has 0 saturated heterocycles. The smallest absolute Gasteiger partial charge is 0.306 e. The molecule has 0 saturated carbocycles. The molecule has 6 heteroatoms. The van der Waals surface area contributed by atoms with Crippen molar-refractivity contribution in [1.82, 2.24) is 0 Å². The Labute approximate surface area is 492 Å². The van der Waals surface area contributed by atoms with Crippen molar-refractivity contribution < 1.29 is 28.6 Å². The number of ether oxygens (including phenoxy) is 3. The minimum atomic E-state index is -0.801. The zero-order chi connectivity index (χ0) is 57.8. The Morgan fingerprint density at radius 3 is 0.775 bits per heavy atom. The first-order valence-corrected chi connectivity index (χ1v) is 32.5. The van der Waals surface area contributed by atoms with Gasteiger partial charge >= 0.3 is 17.9 Å². The summed E-state index contributed by atoms with van der Waals surface area (Å²) in [6.45, 7) is 6.32. The van der Waals surface area contributed by atoms with Crippen LogP contribution in [-0.2, 0) is 28.6 Å². The van der Waals surface area contributed by atoms with Crippen molar-refractivity contribution in [2.75, 3.05) is 13.2 Å². The lowest BCUT2D eigenvalue weighted by Gasteiger charge is -2.18. The van der Waals surface area contributed by atoms with Gasteiger partial charge in [0, 0.05) is 19.3 Å². The Morgan fingerprint density at radius 1 is 0.263 bits per heavy atom. The Bertz CT molecular complexity index is 1790. The van der Waals surface area contributed by atoms with E-state index in [2.05, 4.69) is 179 Å². The topological polar surface area (TPSA) is 78.9 Å². The molecule has 0 fully saturated rings. The van der Waals surface area contributed by atoms with Gasteiger partial charge in [-0.2, -0.15) is 0 Å². The van der Waals surface area contributed by atoms with Crippen molar-refractivity contribution in [3.8, 4) is 0 Å². The number of rotatable bonds is 57. The van der Waals surface area contributed by atoms with Gasteiger partial charge in [0.05, 0.1) is 0 Å². The molecule has 0 bridgehead atoms. The minimum absolute atomic E-state index is 0.0969. The van der Waals surface area contributed by atoms with Gasteiger partial charge in [-0.3, -0.25) is 14.4 Å². The van der Waals surface area contributed by atoms with E-state index in [4.69, 9.17) is 14.2 Å². The van der Waals surface area contributed by atoms with Crippen LogP contribution in [0.3, 0.4) is 0 Å². The molecule has 0 N–H and O–H groups in total. The Hall–Kier alpha value is -4.97. The molecule has 0 aromatic carbocycles. The lowest BCUT2D eigenvalue weighted by atomic mass is 10.0. The van der Waals surface area contributed by atoms with E-state index in [9.17, 15) is 14.4 Å². The van der Waals surface area contributed by atoms with Crippen molar-refractivity contribution in [3.05, 3.63) is 158 Å². The predicted molar refractivity (Wildman–Crippen MR) is 348 cm³/mol. The number of hydrogen-bond donors (Lipinski definition) is 0. The van der Waals surface area contributed by atoms with Crippen LogP contribution in [0, 0.1) is 0 Å². The van der Waals surface area contributed by atoms with E-state index in [1.165, 1.54) is 83.5 Å². The third kappa shape index (κ3) is 63.9. The summed E-state index contributed by atoms with van der Waals surface area (Å²) in [4.78, 5) is 38.0. The fraction of sp³-hybridized carbons (Fsp3) is 0.608. The number of unbranched alkanes of at least 4 members (excludes halogenated alkanes) is 20. The first kappa shape index (κ1) is 75.0. The molecule has 0 aromatic rings. The Morgan fingerprint density at radius 2 is 0.487 bits per heavy atom. The number of allylic oxidation sites excluding steroid dienone is 26. The second kappa shape index (κ2) is 66.5. The molecule has 80 heavy (non-hydrogen) atoms. The molecule has 1 unspecified atom stereocenters. The van der Waals surface area contributed by atoms with Crippen molar-refractivity contribution in [1.29, 1.82) is 0 Å². The summed E-state index contributed by atoms with van der Waals surface area (Å²) in [6, 6.07) is 0. The summed E-state index contributed by atoms with van der Waals surface area (Å²) in [6.07, 6.45) is 97.2. The van der Waals surface area contributed by atoms with Gasteiger partial charge in [0.2, 0.25) is 0 Å². The maximum atomic E-state index is 12.8. The average Bonchev–Trinajstić information content (AvgIpc) is 3.46. The van der Waals surface area contributed by atoms with Crippen molar-refractivity contribution in [3.63, 3.8) is 0 Å². The monoisotopic (exact) mass is 1100 g/mol. The summed E-state index contributed by atoms with van der Waals surface area (Å²) in [5.41, 5.74) is 0. The van der Waals surface area contributed by atoms with E-state index in [0.29, 0.717) is 12.8 Å². The van der Waals surface area contributed by atoms with Gasteiger partial charge in [0.25, 0.3) is 0 Å². The highest BCUT2D eigenvalue weighted by molar-refractivity contribution is 5.71. The van der Waals surface area contributed by atoms with Crippen LogP contribution in [0.5, 0.6) is 0 Å². The van der Waals surface area contributed by atoms with Crippen LogP contribution in [0.15, 0.2) is 158 Å². The van der Waals surface area contributed by atoms with Gasteiger partial charge in [0.1, 0.15) is 13.2 Å². The quantitative estimate of drug-likeness (QED) is 0.0261. The third-order valence-electron chi connectivity index (χ3n) is 13.3. The molecule has 1 atom stereocenters. The summed E-state index contributed by atoms with van der Waals surface area (Å²) in [5, 5.41) is 0. The van der Waals surface area contributed by atoms with E-state index in [-0.39, 0.29) is 37.5 Å². The molecule has 450 valence electrons. The summed E-state index contributed by atoms with van der Waals surface area (Å²) in [5.74, 6) is -0.945. The number of carbonyl (C=O) groups excluding carboxylic acids is 3. The van der Waals surface area contributed by atoms with Crippen LogP contribution in [0.2, 0.25) is 0 Å². The number of esters is 3. The second-order valence-corrected chi connectivity index (χ2v) is 20.9. The van der Waals surface area contributed by atoms with E-state index in [1.54, 1.807) is 0 Å². The van der Waals surface area contributed by atoms with Crippen molar-refractivity contribution in [2.45, 2.75) is 277 Å². The maximum Gasteiger partial charge on any atom is 0.306 e. The third-order valence-corrected chi connectivity index (χ3v) is 13.3. The van der Waals surface area contributed by atoms with Crippen LogP contribution in [-0.4, -0.2) is 37.2 Å². The standard InChI is InChI=1S/C74H118O6/c1-4-7-10-13-16-18-20-22-24-26-28-30-32-34-35-36-37-38-39-41-42-44-46-48-50-52-54-56-58-61-64-67-73(76)79-70-71(69-78-72(75)66-63-60-15-12-9-6-3)80-74(77)68-65-62-59-57-55-53-51-49-47-45-43-40-33-31-29-27-25-23-21-19-17-14-11-8-5-2/h7-8,10-11,16-19,22-25,28-31,34-35,37-38,40,43,47,49,53,55,71H,4-6,9,12-15,20-21,26-27,32-33,36,39,41-42,44-46,48,50-52,54,56-70H2,1-3H3/b10-7-,11-8-,18-16-,19-17-,24-22-,25-23-,30-28-,31-29-,35-34-,38-37-,43-40-,49-47-,55-53-. The molecule has 0 aliphatic carbocycles. The van der Waals surface area contributed by atoms with Crippen LogP contribution >= 0.6 is 0 Å². The summed E-state index contributed by atoms with van der Waals surface area (Å²) in [7, 11) is 0. The summed E-state index contributed by atoms with van der Waals surface area (Å²) < 4.78 is 16.8. The largest absolute Gasteiger partial charge is 0.462 e. The van der Waals surface area contributed by atoms with E-state index in [0.717, 1.165) is 148 Å². The second-order valence-electron chi connectivity index (χ2n) is 20.9. The molecule has 0 aliphatic heterocycles. The molecular weight excluding hydrogens is 985 g/mol. The molecule has 6 nitrogen and oxygen atoms in total. The zero-order valence-electron chi connectivity index (χ0n) is 51.5. The first-order chi connectivity index (χ1) is 39.5. The highest BCUT2D eigenvalue weighted by atomic mass is 16.6. The van der Waals surface area contributed by atoms with Crippen LogP contribution in [0.25, 0.3) is 0 Å². The fourth-order valence-corrected chi connectivity index (χ4v) is 8.48. The highest BCUT2D eigenvalue weighted by Crippen LogP contribution is 2.15. The highest BCUT2D eigenvalue weighted by Gasteiger charge is 2.19. The molecule has 0 spiro atoms. The van der Waals surface area contributed by atoms with Crippen LogP contribution in [0.4, 0.5) is 0 Å². The predicted octanol–water partition coefficient (Wildman–Crippen LogP) is 22.5. The van der Waals surface area contributed by atoms with Gasteiger partial charge in [0.15, 0.2) is 6.10 Å². The Kier molecular flexibility index (Phi) is 62.4. The van der Waals surface area contributed by atoms with Gasteiger partial charge < -0.3 is 14.2 Å². The van der Waals surface area contributed by atoms with E-state index in [1.807, 2.05) is 0 Å². The van der Waals surface area contributed by atoms with Crippen LogP contribution < -0.4 is 0 Å². The van der Waals surface area contributed by atoms with Crippen molar-refractivity contribution >= 4 is 17.9 Å². The van der Waals surface area contributed by atoms with E-state index >= 15 is 0 Å². The fourth-order valence-electron chi connectivity index (χ4n) is 8.48. The summed E-state index contributed by atoms with van der Waals surface area (Å²) >= 11 is 0. The average molecular weight is 1100 g/mol. The number of hydrogen-bond acceptors (Lipinski definition) is 6. The minimum Gasteiger partial charge on any atom is -0.462 e. The SMILES string of the molecule is CC/C=C\C/C=C\C/C=C\C/C=C\C/C=C\C/C=C\C/C=C\CCCCCC(=O)OC(COC(=O)CCCCCCCC)COC(=O)CCCCCCCCCCCCCC/C=C\C/C=C\C/C=C\C/C=C\C/C=C\C/C=C\CC. The molecule has 0 amide bonds. The van der Waals surface area contributed by atoms with Gasteiger partial charge in [-0.15, -0.1) is 0 Å². The van der Waals surface area contributed by atoms with Crippen LogP contribution in [0.1, 0.15) is 271 Å². The number of carbonyl (C=O) groups is 3. The molecule has 0 aliphatic rings.